The van der Waals surface area contributed by atoms with Gasteiger partial charge in [0.15, 0.2) is 0 Å². The smallest absolute Gasteiger partial charge is 0.294 e. The molecule has 1 aromatic carbocycles. The van der Waals surface area contributed by atoms with Gasteiger partial charge in [0, 0.05) is 12.1 Å². The summed E-state index contributed by atoms with van der Waals surface area (Å²) >= 11 is 0. The molecule has 0 fully saturated rings. The Morgan fingerprint density at radius 1 is 1.06 bits per heavy atom. The first-order valence-corrected chi connectivity index (χ1v) is 4.57. The van der Waals surface area contributed by atoms with Gasteiger partial charge in [0.1, 0.15) is 4.90 Å². The molecule has 0 aliphatic rings. The summed E-state index contributed by atoms with van der Waals surface area (Å²) in [6.07, 6.45) is 0. The zero-order chi connectivity index (χ0) is 10.1. The number of hydrogen-bond donors (Lipinski definition) is 1. The number of hydrogen-bond acceptors (Lipinski definition) is 4. The Hall–Kier alpha value is -1.67. The van der Waals surface area contributed by atoms with E-state index in [-0.39, 0.29) is 33.1 Å². The lowest BCUT2D eigenvalue weighted by Gasteiger charge is -1.95. The van der Waals surface area contributed by atoms with Gasteiger partial charge in [-0.05, 0) is 6.07 Å². The van der Waals surface area contributed by atoms with E-state index in [1.54, 1.807) is 0 Å². The van der Waals surface area contributed by atoms with Crippen LogP contribution >= 0.6 is 0 Å². The fourth-order valence-corrected chi connectivity index (χ4v) is 1.28. The minimum Gasteiger partial charge on any atom is -0.412 e. The highest BCUT2D eigenvalue weighted by Gasteiger charge is 2.13. The highest BCUT2D eigenvalue weighted by molar-refractivity contribution is 7.85. The SMILES string of the molecule is O.O.O.O.O.O=[N+]([O-])c1cccc(S(=O)(=O)O)c1. The predicted molar refractivity (Wildman–Crippen MR) is 61.0 cm³/mol. The van der Waals surface area contributed by atoms with Gasteiger partial charge in [0.25, 0.3) is 15.8 Å². The van der Waals surface area contributed by atoms with Gasteiger partial charge in [-0.25, -0.2) is 0 Å². The van der Waals surface area contributed by atoms with Gasteiger partial charge in [-0.15, -0.1) is 0 Å². The number of rotatable bonds is 2. The van der Waals surface area contributed by atoms with Crippen molar-refractivity contribution in [1.82, 2.24) is 0 Å². The number of nitro benzene ring substituents is 1. The first-order valence-electron chi connectivity index (χ1n) is 3.13. The van der Waals surface area contributed by atoms with E-state index in [1.807, 2.05) is 0 Å². The van der Waals surface area contributed by atoms with Gasteiger partial charge in [0.05, 0.1) is 4.92 Å². The first-order chi connectivity index (χ1) is 5.91. The molecule has 0 saturated carbocycles. The predicted octanol–water partition coefficient (Wildman–Crippen LogP) is -3.28. The van der Waals surface area contributed by atoms with E-state index in [4.69, 9.17) is 4.55 Å². The van der Waals surface area contributed by atoms with Crippen molar-refractivity contribution in [3.8, 4) is 0 Å². The van der Waals surface area contributed by atoms with Crippen LogP contribution in [0.4, 0.5) is 5.69 Å². The van der Waals surface area contributed by atoms with Crippen LogP contribution < -0.4 is 0 Å². The largest absolute Gasteiger partial charge is 0.412 e. The molecule has 0 unspecified atom stereocenters. The van der Waals surface area contributed by atoms with E-state index in [0.29, 0.717) is 0 Å². The standard InChI is InChI=1S/C6H5NO5S.5H2O/c8-7(9)5-2-1-3-6(4-5)13(10,11)12;;;;;/h1-4H,(H,10,11,12);5*1H2. The molecular weight excluding hydrogens is 278 g/mol. The Bertz CT molecular complexity index is 443. The van der Waals surface area contributed by atoms with Crippen molar-refractivity contribution in [2.75, 3.05) is 0 Å². The average Bonchev–Trinajstić information content (AvgIpc) is 2.03. The maximum absolute atomic E-state index is 10.5. The molecule has 110 valence electrons. The molecule has 0 saturated heterocycles. The summed E-state index contributed by atoms with van der Waals surface area (Å²) < 4.78 is 29.6. The van der Waals surface area contributed by atoms with Crippen molar-refractivity contribution in [1.29, 1.82) is 0 Å². The zero-order valence-corrected chi connectivity index (χ0v) is 9.56. The third-order valence-corrected chi connectivity index (χ3v) is 2.18. The molecule has 0 atom stereocenters. The van der Waals surface area contributed by atoms with E-state index in [2.05, 4.69) is 0 Å². The molecule has 11 nitrogen and oxygen atoms in total. The van der Waals surface area contributed by atoms with Crippen molar-refractivity contribution in [3.63, 3.8) is 0 Å². The lowest BCUT2D eigenvalue weighted by molar-refractivity contribution is -0.385. The van der Waals surface area contributed by atoms with Crippen molar-refractivity contribution < 1.29 is 45.3 Å². The molecule has 0 bridgehead atoms. The Labute approximate surface area is 101 Å². The number of nitro groups is 1. The maximum atomic E-state index is 10.5. The summed E-state index contributed by atoms with van der Waals surface area (Å²) in [5.41, 5.74) is -0.380. The summed E-state index contributed by atoms with van der Waals surface area (Å²) in [6.45, 7) is 0. The molecule has 1 rings (SSSR count). The summed E-state index contributed by atoms with van der Waals surface area (Å²) in [5, 5.41) is 10.2. The number of non-ortho nitro benzene ring substituents is 1. The van der Waals surface area contributed by atoms with Crippen molar-refractivity contribution in [3.05, 3.63) is 34.4 Å². The molecular formula is C6H15NO10S. The summed E-state index contributed by atoms with van der Waals surface area (Å²) in [6, 6.07) is 4.17. The zero-order valence-electron chi connectivity index (χ0n) is 8.75. The molecule has 0 heterocycles. The van der Waals surface area contributed by atoms with Crippen LogP contribution in [0.1, 0.15) is 0 Å². The Morgan fingerprint density at radius 3 is 1.83 bits per heavy atom. The highest BCUT2D eigenvalue weighted by Crippen LogP contribution is 2.16. The molecule has 0 aromatic heterocycles. The third-order valence-electron chi connectivity index (χ3n) is 1.33. The lowest BCUT2D eigenvalue weighted by Crippen LogP contribution is -1.98. The monoisotopic (exact) mass is 293 g/mol. The molecule has 0 spiro atoms. The second kappa shape index (κ2) is 10.5. The fraction of sp³-hybridized carbons (Fsp3) is 0. The maximum Gasteiger partial charge on any atom is 0.294 e. The molecule has 18 heavy (non-hydrogen) atoms. The number of benzene rings is 1. The molecule has 0 aliphatic carbocycles. The fourth-order valence-electron chi connectivity index (χ4n) is 0.758. The van der Waals surface area contributed by atoms with E-state index >= 15 is 0 Å². The average molecular weight is 293 g/mol. The van der Waals surface area contributed by atoms with Crippen molar-refractivity contribution in [2.24, 2.45) is 0 Å². The molecule has 0 aliphatic heterocycles. The molecule has 11 N–H and O–H groups in total. The molecule has 12 heteroatoms. The second-order valence-corrected chi connectivity index (χ2v) is 3.65. The van der Waals surface area contributed by atoms with E-state index in [1.165, 1.54) is 6.07 Å². The van der Waals surface area contributed by atoms with E-state index < -0.39 is 19.9 Å². The highest BCUT2D eigenvalue weighted by atomic mass is 32.2. The van der Waals surface area contributed by atoms with Gasteiger partial charge >= 0.3 is 0 Å². The van der Waals surface area contributed by atoms with E-state index in [9.17, 15) is 18.5 Å². The van der Waals surface area contributed by atoms with Crippen LogP contribution in [0.25, 0.3) is 0 Å². The summed E-state index contributed by atoms with van der Waals surface area (Å²) in [5.74, 6) is 0. The number of nitrogens with zero attached hydrogens (tertiary/aromatic N) is 1. The van der Waals surface area contributed by atoms with Crippen LogP contribution in [0.3, 0.4) is 0 Å². The third kappa shape index (κ3) is 7.58. The van der Waals surface area contributed by atoms with Crippen LogP contribution in [-0.4, -0.2) is 45.3 Å². The molecule has 0 radical (unpaired) electrons. The van der Waals surface area contributed by atoms with E-state index in [0.717, 1.165) is 18.2 Å². The van der Waals surface area contributed by atoms with Gasteiger partial charge < -0.3 is 27.4 Å². The Balaban J connectivity index is -0.000000113. The van der Waals surface area contributed by atoms with Crippen LogP contribution in [0.2, 0.25) is 0 Å². The van der Waals surface area contributed by atoms with Gasteiger partial charge in [-0.1, -0.05) is 6.07 Å². The quantitative estimate of drug-likeness (QED) is 0.333. The van der Waals surface area contributed by atoms with Crippen LogP contribution in [-0.2, 0) is 10.1 Å². The van der Waals surface area contributed by atoms with Crippen LogP contribution in [0.15, 0.2) is 29.2 Å². The summed E-state index contributed by atoms with van der Waals surface area (Å²) in [4.78, 5) is 8.98. The molecule has 0 amide bonds. The molecule has 1 aromatic rings. The second-order valence-electron chi connectivity index (χ2n) is 2.23. The topological polar surface area (TPSA) is 255 Å². The Morgan fingerprint density at radius 2 is 1.50 bits per heavy atom. The van der Waals surface area contributed by atoms with Gasteiger partial charge in [-0.3, -0.25) is 14.7 Å². The van der Waals surface area contributed by atoms with Gasteiger partial charge in [-0.2, -0.15) is 8.42 Å². The van der Waals surface area contributed by atoms with Gasteiger partial charge in [0.2, 0.25) is 0 Å². The summed E-state index contributed by atoms with van der Waals surface area (Å²) in [7, 11) is -4.36. The minimum absolute atomic E-state index is 0. The Kier molecular flexibility index (Phi) is 17.4. The normalized spacial score (nSPS) is 8.06. The minimum atomic E-state index is -4.36. The van der Waals surface area contributed by atoms with Crippen LogP contribution in [0, 0.1) is 10.1 Å². The van der Waals surface area contributed by atoms with Crippen molar-refractivity contribution >= 4 is 15.8 Å². The van der Waals surface area contributed by atoms with Crippen LogP contribution in [0.5, 0.6) is 0 Å². The van der Waals surface area contributed by atoms with Crippen molar-refractivity contribution in [2.45, 2.75) is 4.90 Å². The first kappa shape index (κ1) is 29.9. The lowest BCUT2D eigenvalue weighted by atomic mass is 10.3.